The Bertz CT molecular complexity index is 363. The molecule has 15 heavy (non-hydrogen) atoms. The highest BCUT2D eigenvalue weighted by atomic mass is 16.5. The van der Waals surface area contributed by atoms with Crippen molar-refractivity contribution in [3.05, 3.63) is 23.8 Å². The van der Waals surface area contributed by atoms with Crippen LogP contribution in [0.5, 0.6) is 0 Å². The highest BCUT2D eigenvalue weighted by molar-refractivity contribution is 5.86. The van der Waals surface area contributed by atoms with Crippen LogP contribution < -0.4 is 5.32 Å². The van der Waals surface area contributed by atoms with Crippen molar-refractivity contribution < 1.29 is 19.4 Å². The Morgan fingerprint density at radius 3 is 2.53 bits per heavy atom. The molecule has 0 aliphatic rings. The van der Waals surface area contributed by atoms with Gasteiger partial charge in [0.05, 0.1) is 19.2 Å². The molecule has 0 atom stereocenters. The molecule has 0 aromatic carbocycles. The Hall–Kier alpha value is -2.18. The number of hydrogen-bond acceptors (Lipinski definition) is 5. The molecule has 2 N–H and O–H groups in total. The fourth-order valence-electron chi connectivity index (χ4n) is 0.780. The fraction of sp³-hybridized carbons (Fsp3) is 0.250. The number of methoxy groups -OCH3 is 1. The number of aromatic carboxylic acids is 1. The molecule has 0 unspecified atom stereocenters. The summed E-state index contributed by atoms with van der Waals surface area (Å²) in [4.78, 5) is 28.6. The molecular weight excluding hydrogens is 202 g/mol. The average molecular weight is 211 g/mol. The minimum Gasteiger partial charge on any atom is -0.478 e. The molecule has 0 saturated carbocycles. The van der Waals surface area contributed by atoms with Gasteiger partial charge in [-0.3, -0.25) is 0 Å². The summed E-state index contributed by atoms with van der Waals surface area (Å²) in [5.74, 6) is -0.784. The number of carboxylic acids is 1. The van der Waals surface area contributed by atoms with Gasteiger partial charge in [-0.1, -0.05) is 0 Å². The Morgan fingerprint density at radius 1 is 1.47 bits per heavy atom. The molecule has 1 heterocycles. The molecule has 1 amide bonds. The number of nitrogens with one attached hydrogen (secondary N) is 1. The minimum absolute atomic E-state index is 0.00295. The highest BCUT2D eigenvalue weighted by Crippen LogP contribution is 1.95. The van der Waals surface area contributed by atoms with Gasteiger partial charge in [0.25, 0.3) is 0 Å². The Balaban J connectivity index is 2.57. The molecule has 1 aromatic rings. The van der Waals surface area contributed by atoms with E-state index in [9.17, 15) is 9.59 Å². The zero-order valence-corrected chi connectivity index (χ0v) is 7.93. The molecule has 0 radical (unpaired) electrons. The molecule has 0 aliphatic carbocycles. The smallest absolute Gasteiger partial charge is 0.407 e. The van der Waals surface area contributed by atoms with Gasteiger partial charge in [-0.05, 0) is 0 Å². The van der Waals surface area contributed by atoms with E-state index in [1.165, 1.54) is 19.5 Å². The second-order valence-corrected chi connectivity index (χ2v) is 2.54. The van der Waals surface area contributed by atoms with E-state index in [1.807, 2.05) is 0 Å². The van der Waals surface area contributed by atoms with Crippen LogP contribution in [0.4, 0.5) is 4.79 Å². The predicted octanol–water partition coefficient (Wildman–Crippen LogP) is 0.0308. The fourth-order valence-corrected chi connectivity index (χ4v) is 0.780. The SMILES string of the molecule is COC(=O)NCc1ncc(C(=O)O)cn1. The molecule has 1 rings (SSSR count). The molecule has 80 valence electrons. The van der Waals surface area contributed by atoms with Crippen molar-refractivity contribution >= 4 is 12.1 Å². The van der Waals surface area contributed by atoms with Crippen molar-refractivity contribution in [3.63, 3.8) is 0 Å². The molecule has 7 nitrogen and oxygen atoms in total. The number of hydrogen-bond donors (Lipinski definition) is 2. The summed E-state index contributed by atoms with van der Waals surface area (Å²) < 4.78 is 4.33. The Morgan fingerprint density at radius 2 is 2.07 bits per heavy atom. The number of carboxylic acid groups (broad SMARTS) is 1. The van der Waals surface area contributed by atoms with E-state index in [0.717, 1.165) is 0 Å². The van der Waals surface area contributed by atoms with Gasteiger partial charge in [-0.25, -0.2) is 19.6 Å². The van der Waals surface area contributed by atoms with Gasteiger partial charge in [0.15, 0.2) is 0 Å². The minimum atomic E-state index is -1.09. The predicted molar refractivity (Wildman–Crippen MR) is 48.2 cm³/mol. The maximum Gasteiger partial charge on any atom is 0.407 e. The van der Waals surface area contributed by atoms with Crippen LogP contribution in [0, 0.1) is 0 Å². The lowest BCUT2D eigenvalue weighted by Gasteiger charge is -2.02. The van der Waals surface area contributed by atoms with Crippen molar-refractivity contribution in [2.75, 3.05) is 7.11 Å². The van der Waals surface area contributed by atoms with Gasteiger partial charge in [-0.2, -0.15) is 0 Å². The molecule has 7 heteroatoms. The molecule has 0 spiro atoms. The molecule has 0 saturated heterocycles. The van der Waals surface area contributed by atoms with Crippen LogP contribution in [0.1, 0.15) is 16.2 Å². The van der Waals surface area contributed by atoms with Crippen molar-refractivity contribution in [1.82, 2.24) is 15.3 Å². The zero-order valence-electron chi connectivity index (χ0n) is 7.93. The number of nitrogens with zero attached hydrogens (tertiary/aromatic N) is 2. The molecular formula is C8H9N3O4. The summed E-state index contributed by atoms with van der Waals surface area (Å²) in [5, 5.41) is 10.9. The van der Waals surface area contributed by atoms with Gasteiger partial charge in [0.2, 0.25) is 0 Å². The zero-order chi connectivity index (χ0) is 11.3. The lowest BCUT2D eigenvalue weighted by Crippen LogP contribution is -2.23. The van der Waals surface area contributed by atoms with Gasteiger partial charge >= 0.3 is 12.1 Å². The third-order valence-corrected chi connectivity index (χ3v) is 1.53. The first-order valence-electron chi connectivity index (χ1n) is 3.99. The van der Waals surface area contributed by atoms with E-state index < -0.39 is 12.1 Å². The van der Waals surface area contributed by atoms with Gasteiger partial charge in [0, 0.05) is 12.4 Å². The van der Waals surface area contributed by atoms with Gasteiger partial charge in [-0.15, -0.1) is 0 Å². The molecule has 1 aromatic heterocycles. The van der Waals surface area contributed by atoms with Crippen LogP contribution in [0.15, 0.2) is 12.4 Å². The number of aromatic nitrogens is 2. The summed E-state index contributed by atoms with van der Waals surface area (Å²) in [6.07, 6.45) is 1.74. The van der Waals surface area contributed by atoms with Crippen LogP contribution >= 0.6 is 0 Å². The lowest BCUT2D eigenvalue weighted by atomic mass is 10.3. The monoisotopic (exact) mass is 211 g/mol. The summed E-state index contributed by atoms with van der Waals surface area (Å²) in [6.45, 7) is 0.0899. The summed E-state index contributed by atoms with van der Waals surface area (Å²) in [5.41, 5.74) is -0.00295. The van der Waals surface area contributed by atoms with Crippen molar-refractivity contribution in [2.24, 2.45) is 0 Å². The Labute approximate surface area is 85.1 Å². The summed E-state index contributed by atoms with van der Waals surface area (Å²) in [6, 6.07) is 0. The van der Waals surface area contributed by atoms with Crippen LogP contribution in [0.3, 0.4) is 0 Å². The first-order valence-corrected chi connectivity index (χ1v) is 3.99. The molecule has 0 fully saturated rings. The quantitative estimate of drug-likeness (QED) is 0.731. The third-order valence-electron chi connectivity index (χ3n) is 1.53. The van der Waals surface area contributed by atoms with E-state index in [-0.39, 0.29) is 12.1 Å². The first kappa shape index (κ1) is 10.9. The summed E-state index contributed by atoms with van der Waals surface area (Å²) in [7, 11) is 1.24. The largest absolute Gasteiger partial charge is 0.478 e. The van der Waals surface area contributed by atoms with E-state index >= 15 is 0 Å². The average Bonchev–Trinajstić information content (AvgIpc) is 2.26. The van der Waals surface area contributed by atoms with E-state index in [2.05, 4.69) is 20.0 Å². The maximum absolute atomic E-state index is 10.7. The standard InChI is InChI=1S/C8H9N3O4/c1-15-8(14)11-4-6-9-2-5(3-10-6)7(12)13/h2-3H,4H2,1H3,(H,11,14)(H,12,13). The molecule has 0 bridgehead atoms. The topological polar surface area (TPSA) is 101 Å². The van der Waals surface area contributed by atoms with Crippen LogP contribution in [-0.4, -0.2) is 34.2 Å². The van der Waals surface area contributed by atoms with Crippen LogP contribution in [-0.2, 0) is 11.3 Å². The highest BCUT2D eigenvalue weighted by Gasteiger charge is 2.05. The third kappa shape index (κ3) is 3.22. The number of carbonyl (C=O) groups excluding carboxylic acids is 1. The van der Waals surface area contributed by atoms with E-state index in [4.69, 9.17) is 5.11 Å². The van der Waals surface area contributed by atoms with Gasteiger partial charge < -0.3 is 15.2 Å². The number of carbonyl (C=O) groups is 2. The number of amides is 1. The normalized spacial score (nSPS) is 9.40. The van der Waals surface area contributed by atoms with Crippen molar-refractivity contribution in [3.8, 4) is 0 Å². The maximum atomic E-state index is 10.7. The second-order valence-electron chi connectivity index (χ2n) is 2.54. The number of rotatable bonds is 3. The van der Waals surface area contributed by atoms with E-state index in [0.29, 0.717) is 5.82 Å². The first-order chi connectivity index (χ1) is 7.13. The number of ether oxygens (including phenoxy) is 1. The lowest BCUT2D eigenvalue weighted by molar-refractivity contribution is 0.0695. The van der Waals surface area contributed by atoms with E-state index in [1.54, 1.807) is 0 Å². The van der Waals surface area contributed by atoms with Crippen LogP contribution in [0.25, 0.3) is 0 Å². The summed E-state index contributed by atoms with van der Waals surface area (Å²) >= 11 is 0. The van der Waals surface area contributed by atoms with Crippen molar-refractivity contribution in [1.29, 1.82) is 0 Å². The second kappa shape index (κ2) is 4.89. The van der Waals surface area contributed by atoms with Crippen LogP contribution in [0.2, 0.25) is 0 Å². The van der Waals surface area contributed by atoms with Gasteiger partial charge in [0.1, 0.15) is 5.82 Å². The number of alkyl carbamates (subject to hydrolysis) is 1. The van der Waals surface area contributed by atoms with Crippen molar-refractivity contribution in [2.45, 2.75) is 6.54 Å². The molecule has 0 aliphatic heterocycles. The Kier molecular flexibility index (Phi) is 3.55.